The number of hydrogen-bond donors (Lipinski definition) is 1. The van der Waals surface area contributed by atoms with Gasteiger partial charge in [0, 0.05) is 18.3 Å². The summed E-state index contributed by atoms with van der Waals surface area (Å²) in [6, 6.07) is 4.23. The molecule has 0 spiro atoms. The summed E-state index contributed by atoms with van der Waals surface area (Å²) in [7, 11) is -4.08. The van der Waals surface area contributed by atoms with Crippen molar-refractivity contribution in [1.29, 1.82) is 0 Å². The number of nitrogens with one attached hydrogen (secondary N) is 1. The Morgan fingerprint density at radius 3 is 2.71 bits per heavy atom. The maximum Gasteiger partial charge on any atom is 0.267 e. The number of halogens is 1. The van der Waals surface area contributed by atoms with Gasteiger partial charge in [-0.2, -0.15) is 0 Å². The van der Waals surface area contributed by atoms with Crippen LogP contribution in [0.4, 0.5) is 5.82 Å². The van der Waals surface area contributed by atoms with Gasteiger partial charge in [0.15, 0.2) is 5.82 Å². The highest BCUT2D eigenvalue weighted by atomic mass is 35.5. The van der Waals surface area contributed by atoms with Crippen LogP contribution in [0.25, 0.3) is 0 Å². The molecule has 1 aliphatic rings. The predicted molar refractivity (Wildman–Crippen MR) is 105 cm³/mol. The van der Waals surface area contributed by atoms with Gasteiger partial charge in [-0.05, 0) is 37.8 Å². The summed E-state index contributed by atoms with van der Waals surface area (Å²) < 4.78 is 32.2. The Balaban J connectivity index is 1.85. The van der Waals surface area contributed by atoms with Crippen molar-refractivity contribution in [3.05, 3.63) is 35.3 Å². The number of amides is 1. The molecular formula is C18H23ClN4O4S. The highest BCUT2D eigenvalue weighted by Gasteiger charge is 2.31. The normalized spacial score (nSPS) is 20.0. The number of sulfonamides is 1. The zero-order chi connectivity index (χ0) is 20.3. The Morgan fingerprint density at radius 2 is 2.11 bits per heavy atom. The van der Waals surface area contributed by atoms with Crippen LogP contribution in [0.15, 0.2) is 33.8 Å². The molecule has 1 amide bonds. The first kappa shape index (κ1) is 20.6. The molecule has 3 rings (SSSR count). The average molecular weight is 427 g/mol. The van der Waals surface area contributed by atoms with Gasteiger partial charge in [-0.25, -0.2) is 17.7 Å². The van der Waals surface area contributed by atoms with E-state index in [0.29, 0.717) is 11.7 Å². The van der Waals surface area contributed by atoms with Crippen molar-refractivity contribution >= 4 is 33.3 Å². The van der Waals surface area contributed by atoms with Crippen LogP contribution in [0, 0.1) is 12.8 Å². The lowest BCUT2D eigenvalue weighted by Crippen LogP contribution is -2.47. The lowest BCUT2D eigenvalue weighted by atomic mass is 9.86. The van der Waals surface area contributed by atoms with E-state index >= 15 is 0 Å². The molecule has 0 radical (unpaired) electrons. The van der Waals surface area contributed by atoms with Crippen molar-refractivity contribution in [3.8, 4) is 0 Å². The van der Waals surface area contributed by atoms with Crippen LogP contribution >= 0.6 is 11.6 Å². The number of nitrogens with zero attached hydrogens (tertiary/aromatic N) is 3. The fourth-order valence-electron chi connectivity index (χ4n) is 3.32. The fraction of sp³-hybridized carbons (Fsp3) is 0.500. The third-order valence-corrected chi connectivity index (χ3v) is 6.86. The molecule has 1 fully saturated rings. The number of rotatable bonds is 6. The number of pyridine rings is 1. The maximum absolute atomic E-state index is 13.1. The smallest absolute Gasteiger partial charge is 0.267 e. The Bertz CT molecular complexity index is 929. The monoisotopic (exact) mass is 426 g/mol. The second-order valence-electron chi connectivity index (χ2n) is 7.06. The third-order valence-electron chi connectivity index (χ3n) is 4.90. The van der Waals surface area contributed by atoms with Crippen LogP contribution in [0.2, 0.25) is 5.15 Å². The molecule has 2 heterocycles. The second kappa shape index (κ2) is 8.48. The molecule has 1 N–H and O–H groups in total. The SMILES string of the molecule is Cc1cc(N(CC(=O)NC2CCCCC2C)S(=O)(=O)c2ccc(Cl)nc2)no1. The van der Waals surface area contributed by atoms with Crippen molar-refractivity contribution in [1.82, 2.24) is 15.5 Å². The van der Waals surface area contributed by atoms with Crippen molar-refractivity contribution in [2.75, 3.05) is 10.8 Å². The molecule has 1 saturated carbocycles. The first-order chi connectivity index (χ1) is 13.3. The van der Waals surface area contributed by atoms with Gasteiger partial charge in [0.2, 0.25) is 5.91 Å². The molecule has 0 aromatic carbocycles. The van der Waals surface area contributed by atoms with Crippen molar-refractivity contribution in [2.45, 2.75) is 50.5 Å². The van der Waals surface area contributed by atoms with E-state index < -0.39 is 16.6 Å². The fourth-order valence-corrected chi connectivity index (χ4v) is 4.73. The Labute approximate surface area is 169 Å². The minimum Gasteiger partial charge on any atom is -0.360 e. The van der Waals surface area contributed by atoms with Crippen molar-refractivity contribution in [2.24, 2.45) is 5.92 Å². The lowest BCUT2D eigenvalue weighted by Gasteiger charge is -2.30. The Hall–Kier alpha value is -2.13. The molecule has 8 nitrogen and oxygen atoms in total. The molecular weight excluding hydrogens is 404 g/mol. The van der Waals surface area contributed by atoms with Gasteiger partial charge >= 0.3 is 0 Å². The van der Waals surface area contributed by atoms with Crippen LogP contribution in [0.5, 0.6) is 0 Å². The van der Waals surface area contributed by atoms with E-state index in [0.717, 1.165) is 36.2 Å². The van der Waals surface area contributed by atoms with E-state index in [4.69, 9.17) is 16.1 Å². The molecule has 28 heavy (non-hydrogen) atoms. The van der Waals surface area contributed by atoms with E-state index in [1.807, 2.05) is 0 Å². The molecule has 10 heteroatoms. The summed E-state index contributed by atoms with van der Waals surface area (Å²) in [6.45, 7) is 3.34. The number of carbonyl (C=O) groups excluding carboxylic acids is 1. The molecule has 2 unspecified atom stereocenters. The zero-order valence-electron chi connectivity index (χ0n) is 15.8. The van der Waals surface area contributed by atoms with E-state index in [1.54, 1.807) is 6.92 Å². The van der Waals surface area contributed by atoms with Gasteiger partial charge in [-0.15, -0.1) is 0 Å². The van der Waals surface area contributed by atoms with Gasteiger partial charge in [0.1, 0.15) is 22.4 Å². The number of anilines is 1. The van der Waals surface area contributed by atoms with E-state index in [2.05, 4.69) is 22.4 Å². The molecule has 0 aliphatic heterocycles. The Kier molecular flexibility index (Phi) is 6.24. The third kappa shape index (κ3) is 4.64. The molecule has 1 aliphatic carbocycles. The summed E-state index contributed by atoms with van der Waals surface area (Å²) in [5.74, 6) is 0.451. The van der Waals surface area contributed by atoms with Crippen LogP contribution in [0.3, 0.4) is 0 Å². The number of aryl methyl sites for hydroxylation is 1. The molecule has 152 valence electrons. The molecule has 0 bridgehead atoms. The molecule has 2 aromatic heterocycles. The molecule has 2 atom stereocenters. The maximum atomic E-state index is 13.1. The predicted octanol–water partition coefficient (Wildman–Crippen LogP) is 2.92. The van der Waals surface area contributed by atoms with Gasteiger partial charge in [-0.1, -0.05) is 36.5 Å². The second-order valence-corrected chi connectivity index (χ2v) is 9.31. The summed E-state index contributed by atoms with van der Waals surface area (Å²) >= 11 is 5.76. The highest BCUT2D eigenvalue weighted by Crippen LogP contribution is 2.25. The number of hydrogen-bond acceptors (Lipinski definition) is 6. The topological polar surface area (TPSA) is 105 Å². The average Bonchev–Trinajstić information content (AvgIpc) is 3.08. The van der Waals surface area contributed by atoms with Gasteiger partial charge in [0.05, 0.1) is 0 Å². The standard InChI is InChI=1S/C18H23ClN4O4S/c1-12-5-3-4-6-15(12)21-18(24)11-23(17-9-13(2)27-22-17)28(25,26)14-7-8-16(19)20-10-14/h7-10,12,15H,3-6,11H2,1-2H3,(H,21,24). The summed E-state index contributed by atoms with van der Waals surface area (Å²) in [5, 5.41) is 6.93. The van der Waals surface area contributed by atoms with E-state index in [-0.39, 0.29) is 27.8 Å². The van der Waals surface area contributed by atoms with Crippen molar-refractivity contribution in [3.63, 3.8) is 0 Å². The summed E-state index contributed by atoms with van der Waals surface area (Å²) in [4.78, 5) is 16.4. The van der Waals surface area contributed by atoms with Crippen LogP contribution in [0.1, 0.15) is 38.4 Å². The minimum atomic E-state index is -4.08. The number of aromatic nitrogens is 2. The van der Waals surface area contributed by atoms with Gasteiger partial charge in [0.25, 0.3) is 10.0 Å². The first-order valence-electron chi connectivity index (χ1n) is 9.14. The van der Waals surface area contributed by atoms with E-state index in [9.17, 15) is 13.2 Å². The summed E-state index contributed by atoms with van der Waals surface area (Å²) in [5.41, 5.74) is 0. The van der Waals surface area contributed by atoms with Crippen molar-refractivity contribution < 1.29 is 17.7 Å². The Morgan fingerprint density at radius 1 is 1.36 bits per heavy atom. The van der Waals surface area contributed by atoms with Crippen LogP contribution in [-0.2, 0) is 14.8 Å². The summed E-state index contributed by atoms with van der Waals surface area (Å²) in [6.07, 6.45) is 5.29. The quantitative estimate of drug-likeness (QED) is 0.712. The van der Waals surface area contributed by atoms with Gasteiger partial charge in [-0.3, -0.25) is 4.79 Å². The number of carbonyl (C=O) groups is 1. The van der Waals surface area contributed by atoms with Crippen LogP contribution < -0.4 is 9.62 Å². The first-order valence-corrected chi connectivity index (χ1v) is 11.0. The zero-order valence-corrected chi connectivity index (χ0v) is 17.3. The molecule has 0 saturated heterocycles. The van der Waals surface area contributed by atoms with Gasteiger partial charge < -0.3 is 9.84 Å². The minimum absolute atomic E-state index is 0.0410. The largest absolute Gasteiger partial charge is 0.360 e. The van der Waals surface area contributed by atoms with E-state index in [1.165, 1.54) is 18.2 Å². The highest BCUT2D eigenvalue weighted by molar-refractivity contribution is 7.92. The lowest BCUT2D eigenvalue weighted by molar-refractivity contribution is -0.120. The molecule has 2 aromatic rings. The van der Waals surface area contributed by atoms with Crippen LogP contribution in [-0.4, -0.2) is 37.1 Å².